The van der Waals surface area contributed by atoms with Crippen molar-refractivity contribution in [2.45, 2.75) is 43.6 Å². The second-order valence-electron chi connectivity index (χ2n) is 9.97. The van der Waals surface area contributed by atoms with Crippen LogP contribution in [-0.4, -0.2) is 21.4 Å². The van der Waals surface area contributed by atoms with Crippen LogP contribution in [0.3, 0.4) is 0 Å². The summed E-state index contributed by atoms with van der Waals surface area (Å²) in [6, 6.07) is 17.3. The highest BCUT2D eigenvalue weighted by Gasteiger charge is 2.61. The average molecular weight is 521 g/mol. The van der Waals surface area contributed by atoms with Crippen LogP contribution in [0.15, 0.2) is 60.7 Å². The molecule has 0 unspecified atom stereocenters. The first-order valence-electron chi connectivity index (χ1n) is 12.2. The van der Waals surface area contributed by atoms with Gasteiger partial charge in [-0.1, -0.05) is 24.3 Å². The van der Waals surface area contributed by atoms with Crippen molar-refractivity contribution in [2.24, 2.45) is 0 Å². The van der Waals surface area contributed by atoms with Crippen molar-refractivity contribution < 1.29 is 32.9 Å². The molecular weight excluding hydrogens is 497 g/mol. The van der Waals surface area contributed by atoms with Gasteiger partial charge in [0.1, 0.15) is 11.4 Å². The van der Waals surface area contributed by atoms with E-state index in [1.807, 2.05) is 31.2 Å². The summed E-state index contributed by atoms with van der Waals surface area (Å²) in [6.45, 7) is 2.00. The molecule has 2 atom stereocenters. The molecule has 1 fully saturated rings. The van der Waals surface area contributed by atoms with Crippen molar-refractivity contribution in [3.8, 4) is 29.3 Å². The van der Waals surface area contributed by atoms with Gasteiger partial charge in [-0.3, -0.25) is 4.57 Å². The molecule has 0 amide bonds. The van der Waals surface area contributed by atoms with Gasteiger partial charge in [0.25, 0.3) is 0 Å². The van der Waals surface area contributed by atoms with Gasteiger partial charge in [-0.25, -0.2) is 0 Å². The van der Waals surface area contributed by atoms with E-state index >= 15 is 0 Å². The monoisotopic (exact) mass is 520 g/mol. The molecule has 0 saturated carbocycles. The van der Waals surface area contributed by atoms with Gasteiger partial charge in [-0.05, 0) is 56.2 Å². The molecule has 2 aliphatic rings. The van der Waals surface area contributed by atoms with Crippen LogP contribution >= 0.6 is 0 Å². The van der Waals surface area contributed by atoms with Gasteiger partial charge in [0.05, 0.1) is 46.2 Å². The lowest BCUT2D eigenvalue weighted by Gasteiger charge is -2.26. The van der Waals surface area contributed by atoms with Crippen molar-refractivity contribution in [1.82, 2.24) is 4.57 Å². The normalized spacial score (nSPS) is 22.0. The second-order valence-corrected chi connectivity index (χ2v) is 9.97. The number of rotatable bonds is 5. The molecule has 38 heavy (non-hydrogen) atoms. The van der Waals surface area contributed by atoms with Crippen molar-refractivity contribution in [1.29, 1.82) is 5.26 Å². The maximum Gasteiger partial charge on any atom is 0.416 e. The van der Waals surface area contributed by atoms with Gasteiger partial charge in [0.2, 0.25) is 11.8 Å². The highest BCUT2D eigenvalue weighted by atomic mass is 19.4. The van der Waals surface area contributed by atoms with Crippen LogP contribution in [0.4, 0.5) is 13.2 Å². The van der Waals surface area contributed by atoms with E-state index in [1.165, 1.54) is 16.7 Å². The summed E-state index contributed by atoms with van der Waals surface area (Å²) >= 11 is 0. The van der Waals surface area contributed by atoms with Gasteiger partial charge in [-0.2, -0.15) is 18.4 Å². The van der Waals surface area contributed by atoms with Crippen molar-refractivity contribution in [3.05, 3.63) is 82.9 Å². The van der Waals surface area contributed by atoms with Crippen LogP contribution < -0.4 is 4.74 Å². The number of nitrogens with zero attached hydrogens (tertiary/aromatic N) is 2. The summed E-state index contributed by atoms with van der Waals surface area (Å²) in [4.78, 5) is 0. The molecule has 0 radical (unpaired) electrons. The Bertz CT molecular complexity index is 1620. The van der Waals surface area contributed by atoms with E-state index in [1.54, 1.807) is 12.1 Å². The smallest absolute Gasteiger partial charge is 0.416 e. The fourth-order valence-electron chi connectivity index (χ4n) is 5.98. The van der Waals surface area contributed by atoms with E-state index < -0.39 is 22.9 Å². The molecule has 194 valence electrons. The predicted octanol–water partition coefficient (Wildman–Crippen LogP) is 6.64. The van der Waals surface area contributed by atoms with Crippen LogP contribution in [0.5, 0.6) is 17.5 Å². The molecule has 3 heterocycles. The third-order valence-corrected chi connectivity index (χ3v) is 7.75. The predicted molar refractivity (Wildman–Crippen MR) is 132 cm³/mol. The highest BCUT2D eigenvalue weighted by molar-refractivity contribution is 5.95. The topological polar surface area (TPSA) is 87.6 Å². The van der Waals surface area contributed by atoms with Gasteiger partial charge >= 0.3 is 6.18 Å². The fourth-order valence-corrected chi connectivity index (χ4v) is 5.98. The second kappa shape index (κ2) is 8.17. The quantitative estimate of drug-likeness (QED) is 0.308. The molecule has 4 aromatic rings. The Morgan fingerprint density at radius 3 is 2.34 bits per heavy atom. The molecule has 2 bridgehead atoms. The minimum Gasteiger partial charge on any atom is -0.494 e. The summed E-state index contributed by atoms with van der Waals surface area (Å²) in [5.74, 6) is 0.0208. The van der Waals surface area contributed by atoms with E-state index in [-0.39, 0.29) is 18.4 Å². The molecule has 1 saturated heterocycles. The van der Waals surface area contributed by atoms with E-state index in [0.717, 1.165) is 12.1 Å². The first kappa shape index (κ1) is 24.2. The lowest BCUT2D eigenvalue weighted by atomic mass is 9.78. The van der Waals surface area contributed by atoms with Crippen molar-refractivity contribution >= 4 is 10.8 Å². The fraction of sp³-hybridized carbons (Fsp3) is 0.276. The molecule has 9 heteroatoms. The minimum atomic E-state index is -4.42. The SMILES string of the molecule is C[C@@]12CC[C@@](CCOc3ccc(C(F)(F)F)cc3)(O1)c1c2c(O)n(-c2ccc(C#N)c3ccccc23)c1O. The summed E-state index contributed by atoms with van der Waals surface area (Å²) in [6.07, 6.45) is -2.90. The van der Waals surface area contributed by atoms with Crippen LogP contribution in [-0.2, 0) is 22.1 Å². The Hall–Kier alpha value is -4.16. The Morgan fingerprint density at radius 1 is 0.974 bits per heavy atom. The number of ether oxygens (including phenoxy) is 2. The molecule has 6 nitrogen and oxygen atoms in total. The largest absolute Gasteiger partial charge is 0.494 e. The van der Waals surface area contributed by atoms with Gasteiger partial charge in [0, 0.05) is 17.2 Å². The molecule has 1 aromatic heterocycles. The molecule has 6 rings (SSSR count). The Morgan fingerprint density at radius 2 is 1.66 bits per heavy atom. The Labute approximate surface area is 216 Å². The zero-order chi connectivity index (χ0) is 26.9. The lowest BCUT2D eigenvalue weighted by Crippen LogP contribution is -2.25. The van der Waals surface area contributed by atoms with E-state index in [9.17, 15) is 28.6 Å². The van der Waals surface area contributed by atoms with Crippen LogP contribution in [0.1, 0.15) is 48.4 Å². The summed E-state index contributed by atoms with van der Waals surface area (Å²) in [7, 11) is 0. The summed E-state index contributed by atoms with van der Waals surface area (Å²) in [5, 5.41) is 33.8. The number of aromatic hydroxyl groups is 2. The summed E-state index contributed by atoms with van der Waals surface area (Å²) < 4.78 is 52.1. The Balaban J connectivity index is 1.36. The van der Waals surface area contributed by atoms with E-state index in [0.29, 0.717) is 58.2 Å². The average Bonchev–Trinajstić information content (AvgIpc) is 3.47. The van der Waals surface area contributed by atoms with E-state index in [2.05, 4.69) is 6.07 Å². The molecular formula is C29H23F3N2O4. The van der Waals surface area contributed by atoms with Crippen molar-refractivity contribution in [2.75, 3.05) is 6.61 Å². The number of benzene rings is 3. The molecule has 2 N–H and O–H groups in total. The standard InChI is InChI=1S/C29H23F3N2O4/c1-27-12-13-28(38-27,14-15-37-19-9-7-18(8-10-19)29(30,31)32)24-23(27)25(35)34(26(24)36)22-11-6-17(16-33)20-4-2-3-5-21(20)22/h2-11,35-36H,12-15H2,1H3/t27-,28-/m0/s1. The zero-order valence-corrected chi connectivity index (χ0v) is 20.3. The maximum absolute atomic E-state index is 12.9. The first-order valence-corrected chi connectivity index (χ1v) is 12.2. The zero-order valence-electron chi connectivity index (χ0n) is 20.3. The maximum atomic E-state index is 12.9. The number of alkyl halides is 3. The van der Waals surface area contributed by atoms with Gasteiger partial charge < -0.3 is 19.7 Å². The van der Waals surface area contributed by atoms with Crippen LogP contribution in [0, 0.1) is 11.3 Å². The lowest BCUT2D eigenvalue weighted by molar-refractivity contribution is -0.137. The third-order valence-electron chi connectivity index (χ3n) is 7.75. The Kier molecular flexibility index (Phi) is 5.20. The van der Waals surface area contributed by atoms with Crippen LogP contribution in [0.25, 0.3) is 16.5 Å². The number of nitriles is 1. The summed E-state index contributed by atoms with van der Waals surface area (Å²) in [5.41, 5.74) is -0.476. The molecule has 0 spiro atoms. The molecule has 0 aliphatic carbocycles. The minimum absolute atomic E-state index is 0.125. The van der Waals surface area contributed by atoms with E-state index in [4.69, 9.17) is 9.47 Å². The van der Waals surface area contributed by atoms with Gasteiger partial charge in [-0.15, -0.1) is 0 Å². The third kappa shape index (κ3) is 3.44. The number of fused-ring (bicyclic) bond motifs is 6. The van der Waals surface area contributed by atoms with Gasteiger partial charge in [0.15, 0.2) is 0 Å². The van der Waals surface area contributed by atoms with Crippen molar-refractivity contribution in [3.63, 3.8) is 0 Å². The first-order chi connectivity index (χ1) is 18.1. The highest BCUT2D eigenvalue weighted by Crippen LogP contribution is 2.65. The van der Waals surface area contributed by atoms with Crippen LogP contribution in [0.2, 0.25) is 0 Å². The molecule has 3 aromatic carbocycles. The number of hydrogen-bond donors (Lipinski definition) is 2. The number of aromatic nitrogens is 1. The number of halogens is 3. The number of hydrogen-bond acceptors (Lipinski definition) is 5. The molecule has 2 aliphatic heterocycles.